The van der Waals surface area contributed by atoms with Crippen LogP contribution >= 0.6 is 0 Å². The van der Waals surface area contributed by atoms with E-state index in [0.717, 1.165) is 0 Å². The molecule has 1 aliphatic carbocycles. The Labute approximate surface area is 75.7 Å². The van der Waals surface area contributed by atoms with Crippen LogP contribution in [0.1, 0.15) is 26.7 Å². The number of nitrogens with one attached hydrogen (secondary N) is 1. The minimum Gasteiger partial charge on any atom is -0.368 e. The van der Waals surface area contributed by atoms with Gasteiger partial charge in [0.15, 0.2) is 0 Å². The molecular weight excluding hydrogens is 178 g/mol. The number of amides is 1. The standard InChI is InChI=1S/C8H14F2N2O/c1-5(2)12-7(6(11)13)3-8(9,10)4-7/h5,12H,3-4H2,1-2H3,(H2,11,13). The summed E-state index contributed by atoms with van der Waals surface area (Å²) in [5.41, 5.74) is 3.88. The Kier molecular flexibility index (Phi) is 2.32. The third-order valence-electron chi connectivity index (χ3n) is 2.16. The third-order valence-corrected chi connectivity index (χ3v) is 2.16. The number of primary amides is 1. The number of rotatable bonds is 3. The molecule has 0 aromatic carbocycles. The second kappa shape index (κ2) is 2.90. The minimum absolute atomic E-state index is 0.0244. The second-order valence-corrected chi connectivity index (χ2v) is 3.95. The van der Waals surface area contributed by atoms with Gasteiger partial charge in [-0.15, -0.1) is 0 Å². The van der Waals surface area contributed by atoms with Gasteiger partial charge in [-0.1, -0.05) is 0 Å². The van der Waals surface area contributed by atoms with Crippen LogP contribution in [0.3, 0.4) is 0 Å². The third kappa shape index (κ3) is 1.96. The topological polar surface area (TPSA) is 55.1 Å². The van der Waals surface area contributed by atoms with E-state index in [1.807, 2.05) is 0 Å². The van der Waals surface area contributed by atoms with Gasteiger partial charge in [0.05, 0.1) is 0 Å². The summed E-state index contributed by atoms with van der Waals surface area (Å²) in [6, 6.07) is -0.0244. The Morgan fingerprint density at radius 2 is 1.92 bits per heavy atom. The Balaban J connectivity index is 2.66. The number of carbonyl (C=O) groups excluding carboxylic acids is 1. The number of hydrogen-bond donors (Lipinski definition) is 2. The van der Waals surface area contributed by atoms with Crippen molar-refractivity contribution in [2.75, 3.05) is 0 Å². The molecule has 0 spiro atoms. The zero-order valence-electron chi connectivity index (χ0n) is 7.73. The zero-order valence-corrected chi connectivity index (χ0v) is 7.73. The summed E-state index contributed by atoms with van der Waals surface area (Å²) in [4.78, 5) is 11.0. The maximum absolute atomic E-state index is 12.6. The van der Waals surface area contributed by atoms with Gasteiger partial charge in [-0.25, -0.2) is 8.78 Å². The summed E-state index contributed by atoms with van der Waals surface area (Å²) < 4.78 is 25.2. The van der Waals surface area contributed by atoms with Gasteiger partial charge in [-0.3, -0.25) is 4.79 Å². The quantitative estimate of drug-likeness (QED) is 0.689. The van der Waals surface area contributed by atoms with E-state index in [1.54, 1.807) is 13.8 Å². The molecule has 0 aromatic rings. The highest BCUT2D eigenvalue weighted by atomic mass is 19.3. The molecule has 1 fully saturated rings. The SMILES string of the molecule is CC(C)NC1(C(N)=O)CC(F)(F)C1. The molecule has 0 aromatic heterocycles. The van der Waals surface area contributed by atoms with E-state index in [0.29, 0.717) is 0 Å². The maximum Gasteiger partial charge on any atom is 0.252 e. The average molecular weight is 192 g/mol. The monoisotopic (exact) mass is 192 g/mol. The van der Waals surface area contributed by atoms with Crippen LogP contribution in [0.2, 0.25) is 0 Å². The molecule has 0 radical (unpaired) electrons. The number of nitrogens with two attached hydrogens (primary N) is 1. The van der Waals surface area contributed by atoms with Crippen molar-refractivity contribution in [2.45, 2.75) is 44.2 Å². The molecule has 3 nitrogen and oxygen atoms in total. The van der Waals surface area contributed by atoms with Gasteiger partial charge in [-0.2, -0.15) is 0 Å². The predicted octanol–water partition coefficient (Wildman–Crippen LogP) is 0.638. The summed E-state index contributed by atoms with van der Waals surface area (Å²) in [6.45, 7) is 3.59. The summed E-state index contributed by atoms with van der Waals surface area (Å²) in [6.07, 6.45) is -0.957. The van der Waals surface area contributed by atoms with Crippen molar-refractivity contribution < 1.29 is 13.6 Å². The van der Waals surface area contributed by atoms with Crippen molar-refractivity contribution in [2.24, 2.45) is 5.73 Å². The van der Waals surface area contributed by atoms with Gasteiger partial charge in [0.1, 0.15) is 5.54 Å². The molecule has 0 unspecified atom stereocenters. The first kappa shape index (κ1) is 10.4. The lowest BCUT2D eigenvalue weighted by atomic mass is 9.72. The molecule has 5 heteroatoms. The lowest BCUT2D eigenvalue weighted by Gasteiger charge is -2.46. The van der Waals surface area contributed by atoms with Crippen LogP contribution in [0, 0.1) is 0 Å². The van der Waals surface area contributed by atoms with Gasteiger partial charge in [0, 0.05) is 18.9 Å². The highest BCUT2D eigenvalue weighted by Gasteiger charge is 2.60. The Morgan fingerprint density at radius 3 is 2.15 bits per heavy atom. The lowest BCUT2D eigenvalue weighted by molar-refractivity contribution is -0.160. The highest BCUT2D eigenvalue weighted by Crippen LogP contribution is 2.45. The summed E-state index contributed by atoms with van der Waals surface area (Å²) in [5.74, 6) is -3.43. The molecule has 3 N–H and O–H groups in total. The van der Waals surface area contributed by atoms with Crippen molar-refractivity contribution in [3.8, 4) is 0 Å². The molecule has 1 aliphatic rings. The molecule has 0 atom stereocenters. The molecule has 13 heavy (non-hydrogen) atoms. The molecule has 0 heterocycles. The molecule has 1 amide bonds. The van der Waals surface area contributed by atoms with Crippen molar-refractivity contribution in [3.63, 3.8) is 0 Å². The first-order valence-electron chi connectivity index (χ1n) is 4.23. The fourth-order valence-corrected chi connectivity index (χ4v) is 1.73. The normalized spacial score (nSPS) is 24.1. The molecule has 1 rings (SSSR count). The molecule has 1 saturated carbocycles. The van der Waals surface area contributed by atoms with E-state index in [2.05, 4.69) is 5.32 Å². The number of alkyl halides is 2. The molecule has 0 saturated heterocycles. The van der Waals surface area contributed by atoms with Crippen molar-refractivity contribution >= 4 is 5.91 Å². The van der Waals surface area contributed by atoms with E-state index < -0.39 is 30.2 Å². The summed E-state index contributed by atoms with van der Waals surface area (Å²) in [5, 5.41) is 2.79. The van der Waals surface area contributed by atoms with Gasteiger partial charge in [0.2, 0.25) is 5.91 Å². The van der Waals surface area contributed by atoms with Crippen LogP contribution in [0.25, 0.3) is 0 Å². The van der Waals surface area contributed by atoms with Crippen molar-refractivity contribution in [1.82, 2.24) is 5.32 Å². The van der Waals surface area contributed by atoms with Crippen LogP contribution in [-0.2, 0) is 4.79 Å². The van der Waals surface area contributed by atoms with E-state index in [9.17, 15) is 13.6 Å². The van der Waals surface area contributed by atoms with Gasteiger partial charge in [0.25, 0.3) is 5.92 Å². The average Bonchev–Trinajstić information content (AvgIpc) is 1.80. The van der Waals surface area contributed by atoms with Crippen LogP contribution in [0.15, 0.2) is 0 Å². The fourth-order valence-electron chi connectivity index (χ4n) is 1.73. The molecule has 76 valence electrons. The fraction of sp³-hybridized carbons (Fsp3) is 0.875. The van der Waals surface area contributed by atoms with Gasteiger partial charge >= 0.3 is 0 Å². The molecule has 0 bridgehead atoms. The Morgan fingerprint density at radius 1 is 1.46 bits per heavy atom. The van der Waals surface area contributed by atoms with Crippen LogP contribution in [0.5, 0.6) is 0 Å². The van der Waals surface area contributed by atoms with E-state index in [1.165, 1.54) is 0 Å². The summed E-state index contributed by atoms with van der Waals surface area (Å²) >= 11 is 0. The van der Waals surface area contributed by atoms with Gasteiger partial charge in [-0.05, 0) is 13.8 Å². The van der Waals surface area contributed by atoms with E-state index in [-0.39, 0.29) is 6.04 Å². The molecular formula is C8H14F2N2O. The van der Waals surface area contributed by atoms with Crippen LogP contribution in [0.4, 0.5) is 8.78 Å². The maximum atomic E-state index is 12.6. The number of carbonyl (C=O) groups is 1. The van der Waals surface area contributed by atoms with Crippen LogP contribution in [-0.4, -0.2) is 23.4 Å². The number of halogens is 2. The van der Waals surface area contributed by atoms with Crippen molar-refractivity contribution in [3.05, 3.63) is 0 Å². The van der Waals surface area contributed by atoms with Gasteiger partial charge < -0.3 is 11.1 Å². The van der Waals surface area contributed by atoms with Crippen molar-refractivity contribution in [1.29, 1.82) is 0 Å². The predicted molar refractivity (Wildman–Crippen MR) is 44.4 cm³/mol. The largest absolute Gasteiger partial charge is 0.368 e. The first-order valence-corrected chi connectivity index (χ1v) is 4.23. The number of hydrogen-bond acceptors (Lipinski definition) is 2. The Hall–Kier alpha value is -0.710. The second-order valence-electron chi connectivity index (χ2n) is 3.95. The molecule has 0 aliphatic heterocycles. The van der Waals surface area contributed by atoms with E-state index >= 15 is 0 Å². The Bertz CT molecular complexity index is 215. The summed E-state index contributed by atoms with van der Waals surface area (Å²) in [7, 11) is 0. The van der Waals surface area contributed by atoms with E-state index in [4.69, 9.17) is 5.73 Å². The minimum atomic E-state index is -2.74. The highest BCUT2D eigenvalue weighted by molar-refractivity contribution is 5.86. The van der Waals surface area contributed by atoms with Crippen LogP contribution < -0.4 is 11.1 Å². The smallest absolute Gasteiger partial charge is 0.252 e. The zero-order chi connectivity index (χ0) is 10.3. The first-order chi connectivity index (χ1) is 5.77. The lowest BCUT2D eigenvalue weighted by Crippen LogP contribution is -2.68.